The number of hydrogen-bond donors (Lipinski definition) is 2. The molecule has 0 saturated heterocycles. The molecule has 1 aromatic heterocycles. The van der Waals surface area contributed by atoms with Gasteiger partial charge >= 0.3 is 0 Å². The predicted molar refractivity (Wildman–Crippen MR) is 58.3 cm³/mol. The number of amides is 1. The Kier molecular flexibility index (Phi) is 2.98. The largest absolute Gasteiger partial charge is 0.318 e. The lowest BCUT2D eigenvalue weighted by Crippen LogP contribution is -2.14. The lowest BCUT2D eigenvalue weighted by atomic mass is 10.2. The van der Waals surface area contributed by atoms with Crippen molar-refractivity contribution in [2.24, 2.45) is 0 Å². The zero-order chi connectivity index (χ0) is 12.3. The zero-order valence-corrected chi connectivity index (χ0v) is 9.06. The maximum Gasteiger partial charge on any atom is 0.297 e. The highest BCUT2D eigenvalue weighted by Crippen LogP contribution is 2.20. The van der Waals surface area contributed by atoms with Gasteiger partial charge in [-0.2, -0.15) is 10.5 Å². The maximum atomic E-state index is 11.6. The van der Waals surface area contributed by atoms with E-state index in [1.807, 2.05) is 6.07 Å². The number of nitrogens with one attached hydrogen (secondary N) is 2. The van der Waals surface area contributed by atoms with Crippen molar-refractivity contribution in [3.8, 4) is 6.07 Å². The Labute approximate surface area is 100 Å². The number of nitrogens with zero attached hydrogens (tertiary/aromatic N) is 4. The second-order valence-electron chi connectivity index (χ2n) is 2.99. The van der Waals surface area contributed by atoms with Gasteiger partial charge in [-0.05, 0) is 23.4 Å². The van der Waals surface area contributed by atoms with Crippen molar-refractivity contribution in [1.82, 2.24) is 20.6 Å². The van der Waals surface area contributed by atoms with Crippen LogP contribution >= 0.6 is 11.6 Å². The van der Waals surface area contributed by atoms with Crippen LogP contribution in [0.3, 0.4) is 0 Å². The predicted octanol–water partition coefficient (Wildman–Crippen LogP) is 0.977. The Morgan fingerprint density at radius 3 is 3.00 bits per heavy atom. The standard InChI is InChI=1S/C9H5ClN6O/c10-6-2-1-5(4-11)7(3-6)12-9(17)8-13-15-16-14-8/h1-3H,(H,12,17)(H,13,14,15,16). The molecule has 1 aromatic carbocycles. The minimum absolute atomic E-state index is 0.117. The molecule has 0 unspecified atom stereocenters. The number of carbonyl (C=O) groups is 1. The first-order valence-corrected chi connectivity index (χ1v) is 4.83. The van der Waals surface area contributed by atoms with Gasteiger partial charge in [0, 0.05) is 5.02 Å². The average molecular weight is 249 g/mol. The molecule has 84 valence electrons. The van der Waals surface area contributed by atoms with Crippen LogP contribution in [0.5, 0.6) is 0 Å². The summed E-state index contributed by atoms with van der Waals surface area (Å²) in [5.74, 6) is -0.689. The van der Waals surface area contributed by atoms with Crippen LogP contribution in [-0.4, -0.2) is 26.5 Å². The summed E-state index contributed by atoms with van der Waals surface area (Å²) in [6, 6.07) is 6.47. The Morgan fingerprint density at radius 1 is 1.53 bits per heavy atom. The number of benzene rings is 1. The number of aromatic nitrogens is 4. The van der Waals surface area contributed by atoms with E-state index in [1.54, 1.807) is 6.07 Å². The van der Waals surface area contributed by atoms with Gasteiger partial charge in [-0.15, -0.1) is 10.2 Å². The number of aromatic amines is 1. The van der Waals surface area contributed by atoms with Crippen LogP contribution in [0.4, 0.5) is 5.69 Å². The highest BCUT2D eigenvalue weighted by Gasteiger charge is 2.13. The molecule has 0 bridgehead atoms. The molecule has 8 heteroatoms. The highest BCUT2D eigenvalue weighted by atomic mass is 35.5. The third-order valence-corrected chi connectivity index (χ3v) is 2.13. The average Bonchev–Trinajstić information content (AvgIpc) is 2.83. The smallest absolute Gasteiger partial charge is 0.297 e. The van der Waals surface area contributed by atoms with Crippen LogP contribution < -0.4 is 5.32 Å². The molecular weight excluding hydrogens is 244 g/mol. The topological polar surface area (TPSA) is 107 Å². The molecule has 0 aliphatic carbocycles. The van der Waals surface area contributed by atoms with Crippen LogP contribution in [0, 0.1) is 11.3 Å². The molecule has 0 saturated carbocycles. The lowest BCUT2D eigenvalue weighted by Gasteiger charge is -2.04. The van der Waals surface area contributed by atoms with Crippen molar-refractivity contribution in [3.63, 3.8) is 0 Å². The van der Waals surface area contributed by atoms with E-state index < -0.39 is 5.91 Å². The Morgan fingerprint density at radius 2 is 2.35 bits per heavy atom. The molecule has 17 heavy (non-hydrogen) atoms. The molecule has 1 amide bonds. The first-order chi connectivity index (χ1) is 8.20. The summed E-state index contributed by atoms with van der Waals surface area (Å²) in [4.78, 5) is 11.6. The van der Waals surface area contributed by atoms with Crippen molar-refractivity contribution in [1.29, 1.82) is 5.26 Å². The molecule has 2 aromatic rings. The molecular formula is C9H5ClN6O. The minimum atomic E-state index is -0.572. The number of H-pyrrole nitrogens is 1. The SMILES string of the molecule is N#Cc1ccc(Cl)cc1NC(=O)c1nn[nH]n1. The number of carbonyl (C=O) groups excluding carboxylic acids is 1. The Balaban J connectivity index is 2.27. The minimum Gasteiger partial charge on any atom is -0.318 e. The lowest BCUT2D eigenvalue weighted by molar-refractivity contribution is 0.101. The summed E-state index contributed by atoms with van der Waals surface area (Å²) in [6.45, 7) is 0. The molecule has 2 N–H and O–H groups in total. The van der Waals surface area contributed by atoms with Gasteiger partial charge < -0.3 is 5.32 Å². The van der Waals surface area contributed by atoms with E-state index in [2.05, 4.69) is 25.9 Å². The summed E-state index contributed by atoms with van der Waals surface area (Å²) >= 11 is 5.77. The number of anilines is 1. The zero-order valence-electron chi connectivity index (χ0n) is 8.31. The van der Waals surface area contributed by atoms with E-state index in [-0.39, 0.29) is 5.82 Å². The molecule has 1 heterocycles. The van der Waals surface area contributed by atoms with Crippen LogP contribution in [0.1, 0.15) is 16.2 Å². The monoisotopic (exact) mass is 248 g/mol. The van der Waals surface area contributed by atoms with Crippen molar-refractivity contribution in [3.05, 3.63) is 34.6 Å². The normalized spacial score (nSPS) is 9.65. The van der Waals surface area contributed by atoms with Crippen LogP contribution in [-0.2, 0) is 0 Å². The maximum absolute atomic E-state index is 11.6. The molecule has 0 aliphatic heterocycles. The first-order valence-electron chi connectivity index (χ1n) is 4.45. The molecule has 0 aliphatic rings. The summed E-state index contributed by atoms with van der Waals surface area (Å²) in [5, 5.41) is 24.2. The summed E-state index contributed by atoms with van der Waals surface area (Å²) in [5.41, 5.74) is 0.598. The molecule has 7 nitrogen and oxygen atoms in total. The van der Waals surface area contributed by atoms with E-state index in [0.29, 0.717) is 16.3 Å². The van der Waals surface area contributed by atoms with Gasteiger partial charge in [0.2, 0.25) is 0 Å². The number of hydrogen-bond acceptors (Lipinski definition) is 5. The molecule has 0 radical (unpaired) electrons. The van der Waals surface area contributed by atoms with Gasteiger partial charge in [0.25, 0.3) is 11.7 Å². The first kappa shape index (κ1) is 11.0. The second kappa shape index (κ2) is 4.59. The number of rotatable bonds is 2. The van der Waals surface area contributed by atoms with Crippen molar-refractivity contribution in [2.75, 3.05) is 5.32 Å². The van der Waals surface area contributed by atoms with E-state index >= 15 is 0 Å². The third kappa shape index (κ3) is 2.38. The number of nitriles is 1. The van der Waals surface area contributed by atoms with Gasteiger partial charge in [0.05, 0.1) is 11.3 Å². The summed E-state index contributed by atoms with van der Waals surface area (Å²) in [7, 11) is 0. The van der Waals surface area contributed by atoms with Gasteiger partial charge in [-0.3, -0.25) is 4.79 Å². The molecule has 0 fully saturated rings. The van der Waals surface area contributed by atoms with Gasteiger partial charge in [-0.25, -0.2) is 0 Å². The van der Waals surface area contributed by atoms with Crippen LogP contribution in [0.15, 0.2) is 18.2 Å². The fraction of sp³-hybridized carbons (Fsp3) is 0. The quantitative estimate of drug-likeness (QED) is 0.824. The fourth-order valence-corrected chi connectivity index (χ4v) is 1.33. The van der Waals surface area contributed by atoms with E-state index in [9.17, 15) is 4.79 Å². The third-order valence-electron chi connectivity index (χ3n) is 1.90. The number of tetrazole rings is 1. The van der Waals surface area contributed by atoms with E-state index in [1.165, 1.54) is 12.1 Å². The van der Waals surface area contributed by atoms with Gasteiger partial charge in [0.15, 0.2) is 0 Å². The summed E-state index contributed by atoms with van der Waals surface area (Å²) in [6.07, 6.45) is 0. The van der Waals surface area contributed by atoms with Crippen molar-refractivity contribution >= 4 is 23.2 Å². The molecule has 0 atom stereocenters. The summed E-state index contributed by atoms with van der Waals surface area (Å²) < 4.78 is 0. The number of halogens is 1. The fourth-order valence-electron chi connectivity index (χ4n) is 1.15. The van der Waals surface area contributed by atoms with Gasteiger partial charge in [-0.1, -0.05) is 11.6 Å². The van der Waals surface area contributed by atoms with E-state index in [0.717, 1.165) is 0 Å². The van der Waals surface area contributed by atoms with Crippen molar-refractivity contribution < 1.29 is 4.79 Å². The van der Waals surface area contributed by atoms with Crippen LogP contribution in [0.25, 0.3) is 0 Å². The van der Waals surface area contributed by atoms with Crippen molar-refractivity contribution in [2.45, 2.75) is 0 Å². The molecule has 0 spiro atoms. The van der Waals surface area contributed by atoms with E-state index in [4.69, 9.17) is 16.9 Å². The highest BCUT2D eigenvalue weighted by molar-refractivity contribution is 6.31. The Hall–Kier alpha value is -2.46. The van der Waals surface area contributed by atoms with Gasteiger partial charge in [0.1, 0.15) is 6.07 Å². The molecule has 2 rings (SSSR count). The van der Waals surface area contributed by atoms with Crippen LogP contribution in [0.2, 0.25) is 5.02 Å². The second-order valence-corrected chi connectivity index (χ2v) is 3.43. The Bertz CT molecular complexity index is 588.